The SMILES string of the molecule is CCSc1nc(CC(=O)N2C[C@H](C(=O)O)[C@@H](c3ccccc3)C2)cs1. The van der Waals surface area contributed by atoms with Crippen LogP contribution in [-0.2, 0) is 16.0 Å². The van der Waals surface area contributed by atoms with E-state index in [0.717, 1.165) is 21.3 Å². The topological polar surface area (TPSA) is 70.5 Å². The van der Waals surface area contributed by atoms with E-state index in [1.807, 2.05) is 35.7 Å². The maximum absolute atomic E-state index is 12.6. The molecule has 2 aromatic rings. The predicted octanol–water partition coefficient (Wildman–Crippen LogP) is 3.12. The van der Waals surface area contributed by atoms with E-state index in [-0.39, 0.29) is 24.8 Å². The summed E-state index contributed by atoms with van der Waals surface area (Å²) in [6.07, 6.45) is 0.231. The summed E-state index contributed by atoms with van der Waals surface area (Å²) < 4.78 is 0.970. The van der Waals surface area contributed by atoms with Gasteiger partial charge in [0.1, 0.15) is 4.34 Å². The predicted molar refractivity (Wildman–Crippen MR) is 99.1 cm³/mol. The van der Waals surface area contributed by atoms with Crippen LogP contribution in [0.15, 0.2) is 40.1 Å². The molecule has 0 unspecified atom stereocenters. The maximum atomic E-state index is 12.6. The number of aliphatic carboxylic acids is 1. The molecule has 1 aromatic heterocycles. The smallest absolute Gasteiger partial charge is 0.308 e. The molecule has 1 aliphatic heterocycles. The van der Waals surface area contributed by atoms with E-state index in [2.05, 4.69) is 11.9 Å². The van der Waals surface area contributed by atoms with Crippen LogP contribution in [0.2, 0.25) is 0 Å². The Labute approximate surface area is 155 Å². The molecule has 1 amide bonds. The van der Waals surface area contributed by atoms with Crippen LogP contribution in [0, 0.1) is 5.92 Å². The van der Waals surface area contributed by atoms with Crippen LogP contribution in [0.1, 0.15) is 24.1 Å². The summed E-state index contributed by atoms with van der Waals surface area (Å²) in [6.45, 7) is 2.77. The summed E-state index contributed by atoms with van der Waals surface area (Å²) in [6, 6.07) is 9.58. The standard InChI is InChI=1S/C18H20N2O3S2/c1-2-24-18-19-13(11-25-18)8-16(21)20-9-14(15(10-20)17(22)23)12-6-4-3-5-7-12/h3-7,11,14-15H,2,8-10H2,1H3,(H,22,23)/t14-,15+/m1/s1. The third kappa shape index (κ3) is 4.22. The summed E-state index contributed by atoms with van der Waals surface area (Å²) >= 11 is 3.21. The molecule has 0 spiro atoms. The number of rotatable bonds is 6. The van der Waals surface area contributed by atoms with Gasteiger partial charge < -0.3 is 10.0 Å². The van der Waals surface area contributed by atoms with Gasteiger partial charge in [0.15, 0.2) is 0 Å². The highest BCUT2D eigenvalue weighted by Crippen LogP contribution is 2.33. The summed E-state index contributed by atoms with van der Waals surface area (Å²) in [5, 5.41) is 11.5. The number of carbonyl (C=O) groups excluding carboxylic acids is 1. The number of carbonyl (C=O) groups is 2. The molecule has 132 valence electrons. The summed E-state index contributed by atoms with van der Waals surface area (Å²) in [4.78, 5) is 30.4. The second kappa shape index (κ2) is 8.01. The minimum absolute atomic E-state index is 0.0528. The van der Waals surface area contributed by atoms with E-state index in [0.29, 0.717) is 6.54 Å². The number of carboxylic acids is 1. The Morgan fingerprint density at radius 2 is 2.08 bits per heavy atom. The van der Waals surface area contributed by atoms with Crippen LogP contribution in [0.25, 0.3) is 0 Å². The fourth-order valence-electron chi connectivity index (χ4n) is 3.12. The lowest BCUT2D eigenvalue weighted by Gasteiger charge is -2.16. The van der Waals surface area contributed by atoms with Crippen molar-refractivity contribution in [3.8, 4) is 0 Å². The Kier molecular flexibility index (Phi) is 5.75. The zero-order chi connectivity index (χ0) is 17.8. The molecule has 2 heterocycles. The minimum Gasteiger partial charge on any atom is -0.481 e. The number of carboxylic acid groups (broad SMARTS) is 1. The van der Waals surface area contributed by atoms with Gasteiger partial charge in [-0.15, -0.1) is 11.3 Å². The van der Waals surface area contributed by atoms with Crippen LogP contribution in [0.5, 0.6) is 0 Å². The van der Waals surface area contributed by atoms with E-state index in [9.17, 15) is 14.7 Å². The third-order valence-electron chi connectivity index (χ3n) is 4.35. The number of likely N-dealkylation sites (tertiary alicyclic amines) is 1. The van der Waals surface area contributed by atoms with Crippen molar-refractivity contribution < 1.29 is 14.7 Å². The van der Waals surface area contributed by atoms with E-state index in [4.69, 9.17) is 0 Å². The molecule has 1 N–H and O–H groups in total. The average molecular weight is 377 g/mol. The van der Waals surface area contributed by atoms with Crippen molar-refractivity contribution in [2.75, 3.05) is 18.8 Å². The van der Waals surface area contributed by atoms with Crippen LogP contribution in [-0.4, -0.2) is 45.7 Å². The zero-order valence-corrected chi connectivity index (χ0v) is 15.6. The number of thioether (sulfide) groups is 1. The second-order valence-electron chi connectivity index (χ2n) is 5.98. The van der Waals surface area contributed by atoms with E-state index < -0.39 is 11.9 Å². The van der Waals surface area contributed by atoms with Gasteiger partial charge >= 0.3 is 5.97 Å². The average Bonchev–Trinajstić information content (AvgIpc) is 3.23. The third-order valence-corrected chi connectivity index (χ3v) is 6.30. The Morgan fingerprint density at radius 3 is 2.76 bits per heavy atom. The van der Waals surface area contributed by atoms with Crippen molar-refractivity contribution in [2.45, 2.75) is 23.6 Å². The summed E-state index contributed by atoms with van der Waals surface area (Å²) in [5.41, 5.74) is 1.74. The quantitative estimate of drug-likeness (QED) is 0.785. The molecule has 25 heavy (non-hydrogen) atoms. The lowest BCUT2D eigenvalue weighted by atomic mass is 9.89. The Hall–Kier alpha value is -1.86. The van der Waals surface area contributed by atoms with Crippen LogP contribution < -0.4 is 0 Å². The van der Waals surface area contributed by atoms with Crippen molar-refractivity contribution >= 4 is 35.0 Å². The fourth-order valence-corrected chi connectivity index (χ4v) is 4.86. The van der Waals surface area contributed by atoms with Crippen molar-refractivity contribution in [3.63, 3.8) is 0 Å². The van der Waals surface area contributed by atoms with Gasteiger partial charge in [-0.1, -0.05) is 49.0 Å². The number of thiazole rings is 1. The maximum Gasteiger partial charge on any atom is 0.308 e. The van der Waals surface area contributed by atoms with E-state index in [1.54, 1.807) is 28.0 Å². The van der Waals surface area contributed by atoms with Gasteiger partial charge in [0.2, 0.25) is 5.91 Å². The highest BCUT2D eigenvalue weighted by Gasteiger charge is 2.40. The first-order chi connectivity index (χ1) is 12.1. The number of amides is 1. The normalized spacial score (nSPS) is 20.0. The van der Waals surface area contributed by atoms with Crippen molar-refractivity contribution in [1.82, 2.24) is 9.88 Å². The minimum atomic E-state index is -0.848. The van der Waals surface area contributed by atoms with Crippen LogP contribution in [0.4, 0.5) is 0 Å². The largest absolute Gasteiger partial charge is 0.481 e. The van der Waals surface area contributed by atoms with Crippen LogP contribution >= 0.6 is 23.1 Å². The van der Waals surface area contributed by atoms with Crippen molar-refractivity contribution in [2.24, 2.45) is 5.92 Å². The lowest BCUT2D eigenvalue weighted by Crippen LogP contribution is -2.31. The fraction of sp³-hybridized carbons (Fsp3) is 0.389. The number of aromatic nitrogens is 1. The molecule has 0 aliphatic carbocycles. The Bertz CT molecular complexity index is 748. The molecule has 0 saturated carbocycles. The molecule has 0 radical (unpaired) electrons. The molecule has 1 aromatic carbocycles. The number of hydrogen-bond acceptors (Lipinski definition) is 5. The molecule has 5 nitrogen and oxygen atoms in total. The molecule has 2 atom stereocenters. The first-order valence-corrected chi connectivity index (χ1v) is 10.1. The highest BCUT2D eigenvalue weighted by atomic mass is 32.2. The second-order valence-corrected chi connectivity index (χ2v) is 8.34. The molecule has 0 bridgehead atoms. The molecular weight excluding hydrogens is 356 g/mol. The number of nitrogens with zero attached hydrogens (tertiary/aromatic N) is 2. The van der Waals surface area contributed by atoms with Crippen molar-refractivity contribution in [1.29, 1.82) is 0 Å². The Balaban J connectivity index is 1.69. The summed E-state index contributed by atoms with van der Waals surface area (Å²) in [7, 11) is 0. The zero-order valence-electron chi connectivity index (χ0n) is 13.9. The van der Waals surface area contributed by atoms with Gasteiger partial charge in [-0.2, -0.15) is 0 Å². The summed E-state index contributed by atoms with van der Waals surface area (Å²) in [5.74, 6) is -0.675. The molecule has 3 rings (SSSR count). The highest BCUT2D eigenvalue weighted by molar-refractivity contribution is 8.00. The molecule has 7 heteroatoms. The van der Waals surface area contributed by atoms with E-state index >= 15 is 0 Å². The van der Waals surface area contributed by atoms with Gasteiger partial charge in [-0.25, -0.2) is 4.98 Å². The molecule has 1 aliphatic rings. The van der Waals surface area contributed by atoms with Gasteiger partial charge in [0.05, 0.1) is 18.0 Å². The van der Waals surface area contributed by atoms with Crippen molar-refractivity contribution in [3.05, 3.63) is 47.0 Å². The van der Waals surface area contributed by atoms with Gasteiger partial charge in [-0.05, 0) is 11.3 Å². The number of hydrogen-bond donors (Lipinski definition) is 1. The Morgan fingerprint density at radius 1 is 1.32 bits per heavy atom. The monoisotopic (exact) mass is 376 g/mol. The first kappa shape index (κ1) is 17.9. The van der Waals surface area contributed by atoms with E-state index in [1.165, 1.54) is 0 Å². The van der Waals surface area contributed by atoms with Gasteiger partial charge in [-0.3, -0.25) is 9.59 Å². The van der Waals surface area contributed by atoms with Gasteiger partial charge in [0, 0.05) is 24.4 Å². The molecule has 1 saturated heterocycles. The number of benzene rings is 1. The van der Waals surface area contributed by atoms with Crippen LogP contribution in [0.3, 0.4) is 0 Å². The van der Waals surface area contributed by atoms with Gasteiger partial charge in [0.25, 0.3) is 0 Å². The lowest BCUT2D eigenvalue weighted by molar-refractivity contribution is -0.141. The molecule has 1 fully saturated rings. The molecular formula is C18H20N2O3S2. The first-order valence-electron chi connectivity index (χ1n) is 8.21.